The summed E-state index contributed by atoms with van der Waals surface area (Å²) in [6, 6.07) is 1.79. The second kappa shape index (κ2) is 5.30. The highest BCUT2D eigenvalue weighted by Crippen LogP contribution is 2.33. The van der Waals surface area contributed by atoms with Crippen LogP contribution in [0.25, 0.3) is 0 Å². The van der Waals surface area contributed by atoms with E-state index in [4.69, 9.17) is 5.11 Å². The van der Waals surface area contributed by atoms with Gasteiger partial charge >= 0.3 is 12.1 Å². The second-order valence-corrected chi connectivity index (χ2v) is 5.00. The zero-order valence-electron chi connectivity index (χ0n) is 10.9. The maximum Gasteiger partial charge on any atom is 0.416 e. The molecular weight excluding hydrogens is 273 g/mol. The van der Waals surface area contributed by atoms with Gasteiger partial charge in [0.2, 0.25) is 0 Å². The minimum absolute atomic E-state index is 0.152. The molecule has 1 fully saturated rings. The highest BCUT2D eigenvalue weighted by molar-refractivity contribution is 5.70. The van der Waals surface area contributed by atoms with Crippen LogP contribution in [0.1, 0.15) is 25.3 Å². The molecule has 7 heteroatoms. The van der Waals surface area contributed by atoms with Crippen LogP contribution in [0, 0.1) is 5.92 Å². The topological polar surface area (TPSA) is 53.4 Å². The Hall–Kier alpha value is -1.79. The lowest BCUT2D eigenvalue weighted by atomic mass is 9.91. The summed E-state index contributed by atoms with van der Waals surface area (Å²) < 4.78 is 38.0. The van der Waals surface area contributed by atoms with E-state index in [1.165, 1.54) is 0 Å². The third-order valence-electron chi connectivity index (χ3n) is 3.59. The largest absolute Gasteiger partial charge is 0.481 e. The number of nitrogens with zero attached hydrogens (tertiary/aromatic N) is 2. The summed E-state index contributed by atoms with van der Waals surface area (Å²) in [5, 5.41) is 8.98. The lowest BCUT2D eigenvalue weighted by Crippen LogP contribution is -2.43. The quantitative estimate of drug-likeness (QED) is 0.909. The zero-order chi connectivity index (χ0) is 14.9. The summed E-state index contributed by atoms with van der Waals surface area (Å²) in [5.74, 6) is -1.04. The monoisotopic (exact) mass is 288 g/mol. The molecule has 2 atom stereocenters. The van der Waals surface area contributed by atoms with Crippen molar-refractivity contribution >= 4 is 11.8 Å². The first-order chi connectivity index (χ1) is 9.29. The van der Waals surface area contributed by atoms with Crippen molar-refractivity contribution in [3.63, 3.8) is 0 Å². The van der Waals surface area contributed by atoms with Crippen molar-refractivity contribution in [2.75, 3.05) is 11.4 Å². The molecule has 1 aliphatic heterocycles. The lowest BCUT2D eigenvalue weighted by Gasteiger charge is -2.37. The van der Waals surface area contributed by atoms with Gasteiger partial charge in [0.25, 0.3) is 0 Å². The first-order valence-corrected chi connectivity index (χ1v) is 6.31. The van der Waals surface area contributed by atoms with Gasteiger partial charge in [0, 0.05) is 18.8 Å². The van der Waals surface area contributed by atoms with Gasteiger partial charge in [-0.25, -0.2) is 4.98 Å². The van der Waals surface area contributed by atoms with Crippen molar-refractivity contribution in [3.05, 3.63) is 23.9 Å². The van der Waals surface area contributed by atoms with Gasteiger partial charge in [0.15, 0.2) is 0 Å². The molecule has 2 rings (SSSR count). The van der Waals surface area contributed by atoms with Gasteiger partial charge in [-0.05, 0) is 31.9 Å². The van der Waals surface area contributed by atoms with Crippen LogP contribution in [0.2, 0.25) is 0 Å². The molecule has 110 valence electrons. The fourth-order valence-corrected chi connectivity index (χ4v) is 2.49. The van der Waals surface area contributed by atoms with Crippen LogP contribution >= 0.6 is 0 Å². The molecule has 0 saturated carbocycles. The Morgan fingerprint density at radius 1 is 1.50 bits per heavy atom. The van der Waals surface area contributed by atoms with Gasteiger partial charge in [0.05, 0.1) is 11.5 Å². The van der Waals surface area contributed by atoms with Crippen molar-refractivity contribution in [1.29, 1.82) is 0 Å². The number of anilines is 1. The molecule has 1 aromatic rings. The number of hydrogen-bond donors (Lipinski definition) is 1. The molecule has 0 spiro atoms. The van der Waals surface area contributed by atoms with E-state index < -0.39 is 23.6 Å². The number of halogens is 3. The Bertz CT molecular complexity index is 505. The fourth-order valence-electron chi connectivity index (χ4n) is 2.49. The Labute approximate surface area is 114 Å². The lowest BCUT2D eigenvalue weighted by molar-refractivity contribution is -0.142. The Morgan fingerprint density at radius 3 is 2.75 bits per heavy atom. The number of alkyl halides is 3. The number of piperidine rings is 1. The number of hydrogen-bond acceptors (Lipinski definition) is 3. The molecule has 0 amide bonds. The molecule has 2 unspecified atom stereocenters. The smallest absolute Gasteiger partial charge is 0.416 e. The molecule has 20 heavy (non-hydrogen) atoms. The predicted octanol–water partition coefficient (Wildman–Crippen LogP) is 2.79. The van der Waals surface area contributed by atoms with Crippen LogP contribution in [0.3, 0.4) is 0 Å². The summed E-state index contributed by atoms with van der Waals surface area (Å²) >= 11 is 0. The number of aliphatic carboxylic acids is 1. The van der Waals surface area contributed by atoms with Crippen molar-refractivity contribution < 1.29 is 23.1 Å². The highest BCUT2D eigenvalue weighted by Gasteiger charge is 2.33. The molecule has 0 radical (unpaired) electrons. The van der Waals surface area contributed by atoms with E-state index in [2.05, 4.69) is 4.98 Å². The maximum absolute atomic E-state index is 12.7. The Morgan fingerprint density at radius 2 is 2.20 bits per heavy atom. The Kier molecular flexibility index (Phi) is 3.87. The Balaban J connectivity index is 2.19. The highest BCUT2D eigenvalue weighted by atomic mass is 19.4. The van der Waals surface area contributed by atoms with Crippen molar-refractivity contribution in [1.82, 2.24) is 4.98 Å². The minimum Gasteiger partial charge on any atom is -0.481 e. The molecule has 1 N–H and O–H groups in total. The number of rotatable bonds is 2. The molecule has 1 aromatic heterocycles. The summed E-state index contributed by atoms with van der Waals surface area (Å²) in [4.78, 5) is 16.7. The van der Waals surface area contributed by atoms with Crippen molar-refractivity contribution in [2.45, 2.75) is 32.0 Å². The van der Waals surface area contributed by atoms with E-state index in [0.29, 0.717) is 19.4 Å². The van der Waals surface area contributed by atoms with Crippen LogP contribution in [0.5, 0.6) is 0 Å². The van der Waals surface area contributed by atoms with Gasteiger partial charge < -0.3 is 10.0 Å². The minimum atomic E-state index is -4.40. The third-order valence-corrected chi connectivity index (χ3v) is 3.59. The molecular formula is C13H15F3N2O2. The van der Waals surface area contributed by atoms with E-state index >= 15 is 0 Å². The van der Waals surface area contributed by atoms with Gasteiger partial charge in [-0.15, -0.1) is 0 Å². The maximum atomic E-state index is 12.7. The molecule has 0 aromatic carbocycles. The third kappa shape index (κ3) is 3.02. The van der Waals surface area contributed by atoms with Crippen LogP contribution in [-0.4, -0.2) is 28.6 Å². The van der Waals surface area contributed by atoms with Gasteiger partial charge in [-0.3, -0.25) is 4.79 Å². The van der Waals surface area contributed by atoms with Crippen molar-refractivity contribution in [2.24, 2.45) is 5.92 Å². The molecule has 4 nitrogen and oxygen atoms in total. The second-order valence-electron chi connectivity index (χ2n) is 5.00. The van der Waals surface area contributed by atoms with Gasteiger partial charge in [-0.2, -0.15) is 13.2 Å². The first kappa shape index (κ1) is 14.6. The first-order valence-electron chi connectivity index (χ1n) is 6.31. The number of carboxylic acid groups (broad SMARTS) is 1. The molecule has 1 saturated heterocycles. The van der Waals surface area contributed by atoms with Crippen LogP contribution < -0.4 is 4.90 Å². The molecule has 0 bridgehead atoms. The number of pyridine rings is 1. The van der Waals surface area contributed by atoms with E-state index in [9.17, 15) is 18.0 Å². The molecule has 1 aliphatic rings. The average molecular weight is 288 g/mol. The summed E-state index contributed by atoms with van der Waals surface area (Å²) in [5.41, 5.74) is -0.741. The van der Waals surface area contributed by atoms with Gasteiger partial charge in [0.1, 0.15) is 5.82 Å². The van der Waals surface area contributed by atoms with E-state index in [-0.39, 0.29) is 11.9 Å². The number of carboxylic acids is 1. The predicted molar refractivity (Wildman–Crippen MR) is 66.4 cm³/mol. The average Bonchev–Trinajstić information content (AvgIpc) is 2.37. The summed E-state index contributed by atoms with van der Waals surface area (Å²) in [7, 11) is 0. The van der Waals surface area contributed by atoms with Gasteiger partial charge in [-0.1, -0.05) is 0 Å². The van der Waals surface area contributed by atoms with Crippen LogP contribution in [0.15, 0.2) is 18.3 Å². The zero-order valence-corrected chi connectivity index (χ0v) is 10.9. The molecule has 0 aliphatic carbocycles. The van der Waals surface area contributed by atoms with E-state index in [1.807, 2.05) is 0 Å². The number of aromatic nitrogens is 1. The van der Waals surface area contributed by atoms with E-state index in [1.54, 1.807) is 11.8 Å². The SMILES string of the molecule is CC1CC(C(=O)O)CCN1c1cc(C(F)(F)F)ccn1. The normalized spacial score (nSPS) is 23.7. The van der Waals surface area contributed by atoms with Crippen LogP contribution in [-0.2, 0) is 11.0 Å². The standard InChI is InChI=1S/C13H15F3N2O2/c1-8-6-9(12(19)20)3-5-18(8)11-7-10(2-4-17-11)13(14,15)16/h2,4,7-9H,3,5-6H2,1H3,(H,19,20). The summed E-state index contributed by atoms with van der Waals surface area (Å²) in [6.07, 6.45) is -2.45. The fraction of sp³-hybridized carbons (Fsp3) is 0.538. The van der Waals surface area contributed by atoms with Crippen LogP contribution in [0.4, 0.5) is 19.0 Å². The van der Waals surface area contributed by atoms with Crippen molar-refractivity contribution in [3.8, 4) is 0 Å². The summed E-state index contributed by atoms with van der Waals surface area (Å²) in [6.45, 7) is 2.20. The van der Waals surface area contributed by atoms with E-state index in [0.717, 1.165) is 18.3 Å². The molecule has 2 heterocycles. The number of carbonyl (C=O) groups is 1.